The van der Waals surface area contributed by atoms with Crippen LogP contribution in [0.3, 0.4) is 0 Å². The van der Waals surface area contributed by atoms with Crippen molar-refractivity contribution in [2.75, 3.05) is 5.32 Å². The number of nitrogens with zero attached hydrogens (tertiary/aromatic N) is 1. The van der Waals surface area contributed by atoms with Crippen molar-refractivity contribution >= 4 is 11.6 Å². The van der Waals surface area contributed by atoms with Crippen molar-refractivity contribution in [2.24, 2.45) is 0 Å². The van der Waals surface area contributed by atoms with Gasteiger partial charge in [0.25, 0.3) is 0 Å². The molecule has 3 rings (SSSR count). The number of rotatable bonds is 4. The summed E-state index contributed by atoms with van der Waals surface area (Å²) < 4.78 is 13.6. The summed E-state index contributed by atoms with van der Waals surface area (Å²) in [5, 5.41) is 2.83. The third-order valence-electron chi connectivity index (χ3n) is 3.73. The normalized spacial score (nSPS) is 9.88. The van der Waals surface area contributed by atoms with Crippen molar-refractivity contribution in [3.63, 3.8) is 0 Å². The molecule has 1 amide bonds. The zero-order valence-electron chi connectivity index (χ0n) is 14.1. The zero-order chi connectivity index (χ0) is 18.2. The van der Waals surface area contributed by atoms with Gasteiger partial charge in [0.2, 0.25) is 5.91 Å². The molecule has 0 fully saturated rings. The first-order valence-electron chi connectivity index (χ1n) is 8.27. The minimum absolute atomic E-state index is 0.164. The first-order chi connectivity index (χ1) is 12.7. The highest BCUT2D eigenvalue weighted by Gasteiger charge is 2.06. The molecule has 128 valence electrons. The Kier molecular flexibility index (Phi) is 5.74. The molecule has 0 spiro atoms. The molecule has 0 aliphatic heterocycles. The summed E-state index contributed by atoms with van der Waals surface area (Å²) >= 11 is 0. The topological polar surface area (TPSA) is 42.0 Å². The molecule has 0 atom stereocenters. The molecule has 0 bridgehead atoms. The lowest BCUT2D eigenvalue weighted by atomic mass is 10.1. The third kappa shape index (κ3) is 5.02. The Bertz CT molecular complexity index is 958. The molecule has 26 heavy (non-hydrogen) atoms. The number of carbonyl (C=O) groups excluding carboxylic acids is 1. The number of hydrogen-bond donors (Lipinski definition) is 1. The van der Waals surface area contributed by atoms with Gasteiger partial charge in [-0.3, -0.25) is 4.79 Å². The molecular weight excluding hydrogens is 327 g/mol. The number of benzene rings is 2. The Morgan fingerprint density at radius 3 is 2.65 bits per heavy atom. The molecule has 4 heteroatoms. The van der Waals surface area contributed by atoms with Crippen LogP contribution in [0, 0.1) is 17.7 Å². The maximum absolute atomic E-state index is 13.6. The molecule has 1 heterocycles. The van der Waals surface area contributed by atoms with Gasteiger partial charge in [-0.25, -0.2) is 9.37 Å². The molecule has 0 saturated heterocycles. The Balaban J connectivity index is 1.61. The fraction of sp³-hybridized carbons (Fsp3) is 0.0909. The number of anilines is 1. The number of hydrogen-bond acceptors (Lipinski definition) is 2. The van der Waals surface area contributed by atoms with Crippen molar-refractivity contribution in [1.82, 2.24) is 4.98 Å². The Morgan fingerprint density at radius 2 is 1.85 bits per heavy atom. The van der Waals surface area contributed by atoms with Crippen LogP contribution in [0.4, 0.5) is 10.1 Å². The second-order valence-corrected chi connectivity index (χ2v) is 5.69. The fourth-order valence-corrected chi connectivity index (χ4v) is 2.42. The van der Waals surface area contributed by atoms with Gasteiger partial charge < -0.3 is 5.32 Å². The van der Waals surface area contributed by atoms with E-state index in [4.69, 9.17) is 0 Å². The average molecular weight is 344 g/mol. The number of carbonyl (C=O) groups is 1. The zero-order valence-corrected chi connectivity index (χ0v) is 14.1. The van der Waals surface area contributed by atoms with Crippen LogP contribution in [0.1, 0.15) is 23.2 Å². The van der Waals surface area contributed by atoms with E-state index in [-0.39, 0.29) is 18.1 Å². The van der Waals surface area contributed by atoms with Crippen LogP contribution in [0.5, 0.6) is 0 Å². The number of halogens is 1. The maximum atomic E-state index is 13.6. The third-order valence-corrected chi connectivity index (χ3v) is 3.73. The van der Waals surface area contributed by atoms with E-state index in [0.29, 0.717) is 23.4 Å². The van der Waals surface area contributed by atoms with Gasteiger partial charge in [0.05, 0.1) is 0 Å². The fourth-order valence-electron chi connectivity index (χ4n) is 2.42. The summed E-state index contributed by atoms with van der Waals surface area (Å²) in [5.41, 5.74) is 2.67. The van der Waals surface area contributed by atoms with Gasteiger partial charge in [0.1, 0.15) is 11.5 Å². The van der Waals surface area contributed by atoms with Crippen molar-refractivity contribution in [3.05, 3.63) is 95.6 Å². The van der Waals surface area contributed by atoms with Gasteiger partial charge in [-0.1, -0.05) is 36.3 Å². The summed E-state index contributed by atoms with van der Waals surface area (Å²) in [6.07, 6.45) is 2.26. The summed E-state index contributed by atoms with van der Waals surface area (Å²) in [6.45, 7) is 0. The highest BCUT2D eigenvalue weighted by molar-refractivity contribution is 5.91. The molecule has 3 aromatic rings. The maximum Gasteiger partial charge on any atom is 0.224 e. The molecule has 1 N–H and O–H groups in total. The van der Waals surface area contributed by atoms with Gasteiger partial charge in [-0.2, -0.15) is 0 Å². The van der Waals surface area contributed by atoms with E-state index in [1.54, 1.807) is 36.5 Å². The number of amides is 1. The van der Waals surface area contributed by atoms with Crippen LogP contribution >= 0.6 is 0 Å². The number of aromatic nitrogens is 1. The molecule has 0 aliphatic rings. The van der Waals surface area contributed by atoms with E-state index >= 15 is 0 Å². The van der Waals surface area contributed by atoms with Crippen LogP contribution in [0.15, 0.2) is 72.9 Å². The van der Waals surface area contributed by atoms with Crippen LogP contribution < -0.4 is 5.32 Å². The number of nitrogens with one attached hydrogen (secondary N) is 1. The average Bonchev–Trinajstić information content (AvgIpc) is 2.67. The van der Waals surface area contributed by atoms with Crippen LogP contribution in [0.25, 0.3) is 0 Å². The summed E-state index contributed by atoms with van der Waals surface area (Å²) in [4.78, 5) is 16.3. The van der Waals surface area contributed by atoms with Crippen molar-refractivity contribution < 1.29 is 9.18 Å². The van der Waals surface area contributed by atoms with Crippen molar-refractivity contribution in [1.29, 1.82) is 0 Å². The standard InChI is InChI=1S/C22H17FN2O/c23-21-10-2-1-7-18(21)12-14-22(26)25-20-9-5-6-17(16-20)11-13-19-8-3-4-15-24-19/h1-10,15-16H,12,14H2,(H,25,26). The molecule has 0 aliphatic carbocycles. The van der Waals surface area contributed by atoms with Crippen molar-refractivity contribution in [3.8, 4) is 11.8 Å². The van der Waals surface area contributed by atoms with Gasteiger partial charge in [-0.15, -0.1) is 0 Å². The highest BCUT2D eigenvalue weighted by atomic mass is 19.1. The minimum atomic E-state index is -0.285. The highest BCUT2D eigenvalue weighted by Crippen LogP contribution is 2.12. The first-order valence-corrected chi connectivity index (χ1v) is 8.27. The van der Waals surface area contributed by atoms with Gasteiger partial charge in [0, 0.05) is 23.9 Å². The molecule has 1 aromatic heterocycles. The Morgan fingerprint density at radius 1 is 1.00 bits per heavy atom. The number of aryl methyl sites for hydroxylation is 1. The lowest BCUT2D eigenvalue weighted by molar-refractivity contribution is -0.116. The molecule has 2 aromatic carbocycles. The lowest BCUT2D eigenvalue weighted by Gasteiger charge is -2.06. The van der Waals surface area contributed by atoms with E-state index in [9.17, 15) is 9.18 Å². The van der Waals surface area contributed by atoms with E-state index in [1.807, 2.05) is 30.3 Å². The van der Waals surface area contributed by atoms with Crippen LogP contribution in [0.2, 0.25) is 0 Å². The Hall–Kier alpha value is -3.45. The smallest absolute Gasteiger partial charge is 0.224 e. The second-order valence-electron chi connectivity index (χ2n) is 5.69. The van der Waals surface area contributed by atoms with E-state index in [1.165, 1.54) is 6.07 Å². The predicted molar refractivity (Wildman–Crippen MR) is 100 cm³/mol. The largest absolute Gasteiger partial charge is 0.326 e. The van der Waals surface area contributed by atoms with Gasteiger partial charge in [-0.05, 0) is 54.3 Å². The quantitative estimate of drug-likeness (QED) is 0.721. The molecule has 0 radical (unpaired) electrons. The SMILES string of the molecule is O=C(CCc1ccccc1F)Nc1cccc(C#Cc2ccccn2)c1. The van der Waals surface area contributed by atoms with E-state index in [2.05, 4.69) is 22.1 Å². The summed E-state index contributed by atoms with van der Waals surface area (Å²) in [7, 11) is 0. The molecule has 0 unspecified atom stereocenters. The monoisotopic (exact) mass is 344 g/mol. The van der Waals surface area contributed by atoms with Gasteiger partial charge >= 0.3 is 0 Å². The van der Waals surface area contributed by atoms with Crippen LogP contribution in [-0.4, -0.2) is 10.9 Å². The Labute approximate surface area is 151 Å². The lowest BCUT2D eigenvalue weighted by Crippen LogP contribution is -2.12. The minimum Gasteiger partial charge on any atom is -0.326 e. The number of pyridine rings is 1. The predicted octanol–water partition coefficient (Wildman–Crippen LogP) is 4.19. The van der Waals surface area contributed by atoms with E-state index < -0.39 is 0 Å². The van der Waals surface area contributed by atoms with Crippen molar-refractivity contribution in [2.45, 2.75) is 12.8 Å². The molecule has 3 nitrogen and oxygen atoms in total. The van der Waals surface area contributed by atoms with E-state index in [0.717, 1.165) is 5.56 Å². The summed E-state index contributed by atoms with van der Waals surface area (Å²) in [6, 6.07) is 19.3. The first kappa shape index (κ1) is 17.4. The van der Waals surface area contributed by atoms with Gasteiger partial charge in [0.15, 0.2) is 0 Å². The molecule has 0 saturated carbocycles. The summed E-state index contributed by atoms with van der Waals surface area (Å²) in [5.74, 6) is 5.56. The van der Waals surface area contributed by atoms with Crippen LogP contribution in [-0.2, 0) is 11.2 Å². The molecular formula is C22H17FN2O. The second kappa shape index (κ2) is 8.59.